The summed E-state index contributed by atoms with van der Waals surface area (Å²) in [5.74, 6) is 4.27. The second-order valence-electron chi connectivity index (χ2n) is 19.3. The third kappa shape index (κ3) is 13.9. The number of nitrogen functional groups attached to an aromatic ring is 1. The van der Waals surface area contributed by atoms with Gasteiger partial charge in [-0.25, -0.2) is 26.9 Å². The quantitative estimate of drug-likeness (QED) is 0.0201. The number of thioether (sulfide) groups is 1. The Morgan fingerprint density at radius 2 is 1.76 bits per heavy atom. The maximum absolute atomic E-state index is 13.4. The van der Waals surface area contributed by atoms with Gasteiger partial charge in [-0.05, 0) is 50.6 Å². The molecule has 26 nitrogen and oxygen atoms in total. The molecule has 422 valence electrons. The van der Waals surface area contributed by atoms with E-state index in [9.17, 15) is 60.7 Å². The van der Waals surface area contributed by atoms with E-state index in [0.717, 1.165) is 49.6 Å². The Labute approximate surface area is 452 Å². The van der Waals surface area contributed by atoms with Crippen LogP contribution in [0.25, 0.3) is 0 Å². The summed E-state index contributed by atoms with van der Waals surface area (Å²) in [6.07, 6.45) is 3.21. The van der Waals surface area contributed by atoms with Crippen molar-refractivity contribution in [1.82, 2.24) is 19.8 Å². The van der Waals surface area contributed by atoms with Crippen molar-refractivity contribution in [2.24, 2.45) is 0 Å². The van der Waals surface area contributed by atoms with E-state index < -0.39 is 86.8 Å². The minimum atomic E-state index is -5.80. The number of aliphatic hydroxyl groups excluding tert-OH is 1. The first-order valence-corrected chi connectivity index (χ1v) is 31.0. The molecule has 6 atom stereocenters. The molecule has 0 radical (unpaired) electrons. The lowest BCUT2D eigenvalue weighted by Gasteiger charge is -2.25. The molecule has 0 aliphatic carbocycles. The standard InChI is InChI=1S/C47H58N7O19P3S2/c1-6-51-34-18-17-30(78(67,68)69)24-32(34)47(4,5)38(51)15-9-16-39-46(2,3)31-13-7-8-14-33(31)52(39)21-11-23-77-37-26-41(57)53(44(37)58)22-19-40(56)49-20-10-12-29-27-54(45(59)50-43(29)48)42-25-35(55)36(71-42)28-70-75(63,64)73-76(65,66)72-74(60,61)62/h7-9,13-18,24,27,35-37,42,55H,6,11,19-23,25-26,28H2,1-5H3,(H7-,48,49,50,56,59,60,61,62,63,64,65,66,67,68,69)/t35-,36+,37?,42+/m0/s1. The number of anilines is 2. The number of carbonyl (C=O) groups excluding carboxylic acids is 3. The molecule has 7 rings (SSSR count). The summed E-state index contributed by atoms with van der Waals surface area (Å²) in [5.41, 5.74) is 9.76. The molecule has 4 aliphatic heterocycles. The molecule has 2 aromatic carbocycles. The molecular weight excluding hydrogens is 1120 g/mol. The molecule has 78 heavy (non-hydrogen) atoms. The molecule has 0 bridgehead atoms. The van der Waals surface area contributed by atoms with Crippen LogP contribution >= 0.6 is 35.2 Å². The number of para-hydroxylation sites is 1. The van der Waals surface area contributed by atoms with Gasteiger partial charge >= 0.3 is 29.2 Å². The summed E-state index contributed by atoms with van der Waals surface area (Å²) < 4.78 is 90.9. The molecule has 31 heteroatoms. The van der Waals surface area contributed by atoms with Gasteiger partial charge < -0.3 is 49.9 Å². The number of aromatic nitrogens is 2. The predicted molar refractivity (Wildman–Crippen MR) is 281 cm³/mol. The number of benzene rings is 2. The van der Waals surface area contributed by atoms with Gasteiger partial charge in [-0.1, -0.05) is 50.0 Å². The van der Waals surface area contributed by atoms with Gasteiger partial charge in [0.05, 0.1) is 40.4 Å². The van der Waals surface area contributed by atoms with E-state index in [-0.39, 0.29) is 60.0 Å². The van der Waals surface area contributed by atoms with E-state index in [1.54, 1.807) is 6.07 Å². The molecule has 0 saturated carbocycles. The highest BCUT2D eigenvalue weighted by atomic mass is 32.2. The van der Waals surface area contributed by atoms with E-state index in [4.69, 9.17) is 20.3 Å². The summed E-state index contributed by atoms with van der Waals surface area (Å²) in [5, 5.41) is 12.4. The topological polar surface area (TPSA) is 380 Å². The molecule has 0 spiro atoms. The zero-order chi connectivity index (χ0) is 57.3. The van der Waals surface area contributed by atoms with Gasteiger partial charge in [0, 0.05) is 85.2 Å². The number of carbonyl (C=O) groups is 3. The number of likely N-dealkylation sites (N-methyl/N-ethyl adjacent to an activating group) is 1. The Balaban J connectivity index is 0.900. The number of nitrogens with one attached hydrogen (secondary N) is 1. The van der Waals surface area contributed by atoms with Crippen LogP contribution in [0.4, 0.5) is 17.2 Å². The predicted octanol–water partition coefficient (Wildman–Crippen LogP) is 3.16. The SMILES string of the molecule is CCN1/C(=C\C=C\C2=[N+](CCCSC3CC(=O)N(CCC(=O)NCC#Cc4cn([C@H]5C[C@H](O)[C@@H](COP(=O)(O)OP(=O)(O)OP(=O)(O)O)O5)c(=O)nc4N)C3=O)c3ccccc3C2(C)C)C(C)(C)c2cc(S(=O)(=O)[O-])ccc21. The summed E-state index contributed by atoms with van der Waals surface area (Å²) >= 11 is 1.38. The Hall–Kier alpha value is -5.17. The smallest absolute Gasteiger partial charge is 0.490 e. The van der Waals surface area contributed by atoms with Crippen LogP contribution in [-0.4, -0.2) is 136 Å². The van der Waals surface area contributed by atoms with Crippen LogP contribution in [0, 0.1) is 11.8 Å². The zero-order valence-corrected chi connectivity index (χ0v) is 47.0. The number of rotatable bonds is 21. The third-order valence-corrected chi connectivity index (χ3v) is 19.2. The second kappa shape index (κ2) is 23.5. The molecule has 3 aromatic rings. The number of phosphoric ester groups is 1. The average molecular weight is 1180 g/mol. The van der Waals surface area contributed by atoms with Crippen LogP contribution in [0.2, 0.25) is 0 Å². The number of fused-ring (bicyclic) bond motifs is 2. The lowest BCUT2D eigenvalue weighted by molar-refractivity contribution is -0.437. The highest BCUT2D eigenvalue weighted by Gasteiger charge is 2.46. The molecule has 8 N–H and O–H groups in total. The lowest BCUT2D eigenvalue weighted by Crippen LogP contribution is -2.35. The highest BCUT2D eigenvalue weighted by molar-refractivity contribution is 8.00. The summed E-state index contributed by atoms with van der Waals surface area (Å²) in [6, 6.07) is 12.7. The van der Waals surface area contributed by atoms with Crippen molar-refractivity contribution >= 4 is 86.0 Å². The van der Waals surface area contributed by atoms with Gasteiger partial charge in [0.15, 0.2) is 5.71 Å². The molecular formula is C47H58N7O19P3S2. The van der Waals surface area contributed by atoms with E-state index in [0.29, 0.717) is 25.3 Å². The van der Waals surface area contributed by atoms with Crippen molar-refractivity contribution in [3.63, 3.8) is 0 Å². The van der Waals surface area contributed by atoms with Crippen LogP contribution in [0.15, 0.2) is 82.3 Å². The molecule has 2 saturated heterocycles. The number of hydrogen-bond acceptors (Lipinski definition) is 19. The van der Waals surface area contributed by atoms with Gasteiger partial charge in [0.2, 0.25) is 23.4 Å². The van der Waals surface area contributed by atoms with Crippen LogP contribution < -0.4 is 21.6 Å². The molecule has 3 amide bonds. The van der Waals surface area contributed by atoms with Crippen molar-refractivity contribution < 1.29 is 88.2 Å². The number of amides is 3. The van der Waals surface area contributed by atoms with Gasteiger partial charge in [-0.15, -0.1) is 11.8 Å². The highest BCUT2D eigenvalue weighted by Crippen LogP contribution is 2.66. The number of nitrogens with zero attached hydrogens (tertiary/aromatic N) is 5. The molecule has 3 unspecified atom stereocenters. The Morgan fingerprint density at radius 1 is 1.04 bits per heavy atom. The van der Waals surface area contributed by atoms with Crippen molar-refractivity contribution in [1.29, 1.82) is 0 Å². The van der Waals surface area contributed by atoms with Crippen LogP contribution in [0.1, 0.15) is 83.2 Å². The minimum absolute atomic E-state index is 0.00452. The largest absolute Gasteiger partial charge is 0.744 e. The molecule has 1 aromatic heterocycles. The number of allylic oxidation sites excluding steroid dienone is 4. The number of likely N-dealkylation sites (tertiary alicyclic amines) is 1. The van der Waals surface area contributed by atoms with Gasteiger partial charge in [-0.3, -0.25) is 28.4 Å². The number of nitrogens with two attached hydrogens (primary N) is 1. The molecule has 5 heterocycles. The van der Waals surface area contributed by atoms with Gasteiger partial charge in [-0.2, -0.15) is 18.2 Å². The normalized spacial score (nSPS) is 22.9. The van der Waals surface area contributed by atoms with Crippen LogP contribution in [-0.2, 0) is 66.9 Å². The number of imide groups is 1. The number of hydrogen-bond donors (Lipinski definition) is 7. The van der Waals surface area contributed by atoms with Crippen molar-refractivity contribution in [2.45, 2.75) is 99.7 Å². The Kier molecular flexibility index (Phi) is 18.2. The van der Waals surface area contributed by atoms with Crippen LogP contribution in [0.5, 0.6) is 0 Å². The summed E-state index contributed by atoms with van der Waals surface area (Å²) in [4.78, 5) is 95.1. The number of aliphatic hydroxyl groups is 1. The van der Waals surface area contributed by atoms with E-state index >= 15 is 0 Å². The maximum atomic E-state index is 13.4. The van der Waals surface area contributed by atoms with Crippen molar-refractivity contribution in [3.8, 4) is 11.8 Å². The first-order chi connectivity index (χ1) is 36.3. The van der Waals surface area contributed by atoms with Gasteiger partial charge in [0.25, 0.3) is 0 Å². The fourth-order valence-electron chi connectivity index (χ4n) is 9.60. The monoisotopic (exact) mass is 1180 g/mol. The number of phosphoric acid groups is 3. The summed E-state index contributed by atoms with van der Waals surface area (Å²) in [7, 11) is -21.6. The lowest BCUT2D eigenvalue weighted by atomic mass is 9.81. The molecule has 4 aliphatic rings. The van der Waals surface area contributed by atoms with Crippen molar-refractivity contribution in [3.05, 3.63) is 99.8 Å². The Bertz CT molecular complexity index is 3390. The van der Waals surface area contributed by atoms with E-state index in [1.165, 1.54) is 23.9 Å². The first-order valence-electron chi connectivity index (χ1n) is 24.1. The summed E-state index contributed by atoms with van der Waals surface area (Å²) in [6.45, 7) is 10.2. The fourth-order valence-corrected chi connectivity index (χ4v) is 14.2. The first kappa shape index (κ1) is 60.5. The zero-order valence-electron chi connectivity index (χ0n) is 42.7. The van der Waals surface area contributed by atoms with E-state index in [1.807, 2.05) is 45.1 Å². The van der Waals surface area contributed by atoms with Crippen LogP contribution in [0.3, 0.4) is 0 Å². The van der Waals surface area contributed by atoms with Gasteiger partial charge in [0.1, 0.15) is 34.8 Å². The average Bonchev–Trinajstić information content (AvgIpc) is 4.06. The third-order valence-electron chi connectivity index (χ3n) is 13.3. The Morgan fingerprint density at radius 3 is 2.45 bits per heavy atom. The maximum Gasteiger partial charge on any atom is 0.490 e. The van der Waals surface area contributed by atoms with Crippen molar-refractivity contribution in [2.75, 3.05) is 49.2 Å². The van der Waals surface area contributed by atoms with E-state index in [2.05, 4.69) is 76.8 Å². The molecule has 2 fully saturated rings. The fraction of sp³-hybridized carbons (Fsp3) is 0.447. The minimum Gasteiger partial charge on any atom is -0.744 e. The number of ether oxygens (including phenoxy) is 1. The second-order valence-corrected chi connectivity index (χ2v) is 26.4.